The zero-order valence-electron chi connectivity index (χ0n) is 9.12. The molecule has 0 fully saturated rings. The van der Waals surface area contributed by atoms with Crippen molar-refractivity contribution in [3.8, 4) is 0 Å². The molecular formula is C12H18OS. The van der Waals surface area contributed by atoms with Crippen LogP contribution in [0.15, 0.2) is 30.3 Å². The fourth-order valence-electron chi connectivity index (χ4n) is 1.16. The minimum atomic E-state index is -0.716. The summed E-state index contributed by atoms with van der Waals surface area (Å²) in [6.45, 7) is 2.16. The van der Waals surface area contributed by atoms with Gasteiger partial charge in [-0.3, -0.25) is 4.79 Å². The summed E-state index contributed by atoms with van der Waals surface area (Å²) >= 11 is 0. The first-order valence-corrected chi connectivity index (χ1v) is 7.61. The van der Waals surface area contributed by atoms with Crippen molar-refractivity contribution in [1.82, 2.24) is 0 Å². The van der Waals surface area contributed by atoms with Crippen molar-refractivity contribution in [2.75, 3.05) is 24.0 Å². The molecule has 0 aliphatic rings. The maximum atomic E-state index is 11.8. The first-order valence-electron chi connectivity index (χ1n) is 4.82. The number of benzene rings is 1. The van der Waals surface area contributed by atoms with Crippen LogP contribution < -0.4 is 0 Å². The molecule has 0 aliphatic carbocycles. The Morgan fingerprint density at radius 3 is 2.29 bits per heavy atom. The Morgan fingerprint density at radius 2 is 1.79 bits per heavy atom. The number of hydrogen-bond donors (Lipinski definition) is 0. The van der Waals surface area contributed by atoms with Gasteiger partial charge in [-0.1, -0.05) is 37.3 Å². The number of Topliss-reactive ketones (excluding diaryl/α,β-unsaturated/α-hetero) is 1. The third-order valence-corrected chi connectivity index (χ3v) is 5.01. The Morgan fingerprint density at radius 1 is 1.21 bits per heavy atom. The highest BCUT2D eigenvalue weighted by atomic mass is 32.3. The average molecular weight is 210 g/mol. The van der Waals surface area contributed by atoms with E-state index in [4.69, 9.17) is 0 Å². The largest absolute Gasteiger partial charge is 0.293 e. The van der Waals surface area contributed by atoms with Gasteiger partial charge in [0.2, 0.25) is 0 Å². The number of ketones is 1. The van der Waals surface area contributed by atoms with Crippen LogP contribution in [0.25, 0.3) is 0 Å². The van der Waals surface area contributed by atoms with Gasteiger partial charge in [-0.05, 0) is 18.3 Å². The molecule has 78 valence electrons. The highest BCUT2D eigenvalue weighted by Gasteiger charge is 2.15. The summed E-state index contributed by atoms with van der Waals surface area (Å²) in [6, 6.07) is 9.57. The van der Waals surface area contributed by atoms with Gasteiger partial charge in [0.15, 0.2) is 5.78 Å². The van der Waals surface area contributed by atoms with E-state index >= 15 is 0 Å². The highest BCUT2D eigenvalue weighted by Crippen LogP contribution is 2.39. The smallest absolute Gasteiger partial charge is 0.171 e. The first kappa shape index (κ1) is 11.3. The zero-order chi connectivity index (χ0) is 10.6. The van der Waals surface area contributed by atoms with Crippen molar-refractivity contribution >= 4 is 15.8 Å². The van der Waals surface area contributed by atoms with Crippen LogP contribution in [0.1, 0.15) is 17.3 Å². The summed E-state index contributed by atoms with van der Waals surface area (Å²) in [5, 5.41) is 0. The Kier molecular flexibility index (Phi) is 3.76. The van der Waals surface area contributed by atoms with Crippen LogP contribution in [0.5, 0.6) is 0 Å². The van der Waals surface area contributed by atoms with Gasteiger partial charge in [0, 0.05) is 11.3 Å². The monoisotopic (exact) mass is 210 g/mol. The Labute approximate surface area is 87.8 Å². The SMILES string of the molecule is CCS(C)(C)CC(=O)c1ccccc1. The molecule has 1 rings (SSSR count). The molecule has 0 saturated carbocycles. The van der Waals surface area contributed by atoms with E-state index in [0.717, 1.165) is 11.3 Å². The van der Waals surface area contributed by atoms with Crippen LogP contribution in [-0.4, -0.2) is 29.8 Å². The summed E-state index contributed by atoms with van der Waals surface area (Å²) in [7, 11) is -0.716. The fourth-order valence-corrected chi connectivity index (χ4v) is 2.24. The van der Waals surface area contributed by atoms with E-state index in [1.807, 2.05) is 30.3 Å². The van der Waals surface area contributed by atoms with Crippen molar-refractivity contribution in [3.63, 3.8) is 0 Å². The van der Waals surface area contributed by atoms with Gasteiger partial charge < -0.3 is 0 Å². The fraction of sp³-hybridized carbons (Fsp3) is 0.417. The van der Waals surface area contributed by atoms with Gasteiger partial charge in [-0.25, -0.2) is 10.0 Å². The molecule has 0 aliphatic heterocycles. The summed E-state index contributed by atoms with van der Waals surface area (Å²) < 4.78 is 0. The third-order valence-electron chi connectivity index (χ3n) is 2.40. The van der Waals surface area contributed by atoms with E-state index in [-0.39, 0.29) is 5.78 Å². The molecule has 0 bridgehead atoms. The Balaban J connectivity index is 2.69. The van der Waals surface area contributed by atoms with Gasteiger partial charge in [0.1, 0.15) is 0 Å². The van der Waals surface area contributed by atoms with Crippen LogP contribution in [-0.2, 0) is 0 Å². The molecule has 0 N–H and O–H groups in total. The highest BCUT2D eigenvalue weighted by molar-refractivity contribution is 8.33. The van der Waals surface area contributed by atoms with Crippen LogP contribution in [0, 0.1) is 0 Å². The molecule has 1 nitrogen and oxygen atoms in total. The molecule has 0 aromatic heterocycles. The number of hydrogen-bond acceptors (Lipinski definition) is 1. The Bertz CT molecular complexity index is 303. The number of rotatable bonds is 4. The minimum absolute atomic E-state index is 0.285. The van der Waals surface area contributed by atoms with E-state index in [9.17, 15) is 4.79 Å². The van der Waals surface area contributed by atoms with Gasteiger partial charge in [0.05, 0.1) is 0 Å². The second-order valence-corrected chi connectivity index (χ2v) is 8.39. The molecule has 0 amide bonds. The normalized spacial score (nSPS) is 12.5. The molecule has 2 heteroatoms. The van der Waals surface area contributed by atoms with Gasteiger partial charge in [-0.2, -0.15) is 0 Å². The van der Waals surface area contributed by atoms with E-state index in [2.05, 4.69) is 19.4 Å². The van der Waals surface area contributed by atoms with Crippen molar-refractivity contribution in [3.05, 3.63) is 35.9 Å². The van der Waals surface area contributed by atoms with Gasteiger partial charge in [-0.15, -0.1) is 0 Å². The summed E-state index contributed by atoms with van der Waals surface area (Å²) in [6.07, 6.45) is 4.43. The quantitative estimate of drug-likeness (QED) is 0.698. The maximum Gasteiger partial charge on any atom is 0.171 e. The average Bonchev–Trinajstić information content (AvgIpc) is 2.19. The molecule has 1 aromatic carbocycles. The third kappa shape index (κ3) is 3.18. The second kappa shape index (κ2) is 4.65. The second-order valence-electron chi connectivity index (χ2n) is 3.99. The molecule has 14 heavy (non-hydrogen) atoms. The van der Waals surface area contributed by atoms with Crippen LogP contribution >= 0.6 is 10.0 Å². The van der Waals surface area contributed by atoms with Crippen LogP contribution in [0.4, 0.5) is 0 Å². The molecule has 0 heterocycles. The number of carbonyl (C=O) groups excluding carboxylic acids is 1. The molecule has 1 aromatic rings. The minimum Gasteiger partial charge on any atom is -0.293 e. The van der Waals surface area contributed by atoms with Crippen LogP contribution in [0.2, 0.25) is 0 Å². The van der Waals surface area contributed by atoms with Crippen molar-refractivity contribution in [2.24, 2.45) is 0 Å². The van der Waals surface area contributed by atoms with Crippen molar-refractivity contribution in [1.29, 1.82) is 0 Å². The van der Waals surface area contributed by atoms with Crippen molar-refractivity contribution in [2.45, 2.75) is 6.92 Å². The zero-order valence-corrected chi connectivity index (χ0v) is 9.93. The summed E-state index contributed by atoms with van der Waals surface area (Å²) in [5.41, 5.74) is 0.849. The standard InChI is InChI=1S/C12H18OS/c1-4-14(2,3)10-12(13)11-8-6-5-7-9-11/h5-9H,4,10H2,1-3H3. The van der Waals surface area contributed by atoms with Crippen LogP contribution in [0.3, 0.4) is 0 Å². The van der Waals surface area contributed by atoms with Crippen molar-refractivity contribution < 1.29 is 4.79 Å². The summed E-state index contributed by atoms with van der Waals surface area (Å²) in [4.78, 5) is 11.8. The lowest BCUT2D eigenvalue weighted by Gasteiger charge is -2.28. The predicted molar refractivity (Wildman–Crippen MR) is 65.6 cm³/mol. The maximum absolute atomic E-state index is 11.8. The lowest BCUT2D eigenvalue weighted by molar-refractivity contribution is 0.102. The molecule has 0 saturated heterocycles. The lowest BCUT2D eigenvalue weighted by Crippen LogP contribution is -2.13. The first-order chi connectivity index (χ1) is 6.55. The number of carbonyl (C=O) groups is 1. The summed E-state index contributed by atoms with van der Waals surface area (Å²) in [5.74, 6) is 2.12. The molecule has 0 radical (unpaired) electrons. The molecule has 0 atom stereocenters. The lowest BCUT2D eigenvalue weighted by atomic mass is 10.2. The molecule has 0 unspecified atom stereocenters. The van der Waals surface area contributed by atoms with Gasteiger partial charge >= 0.3 is 0 Å². The molecule has 0 spiro atoms. The molecular weight excluding hydrogens is 192 g/mol. The van der Waals surface area contributed by atoms with E-state index < -0.39 is 10.0 Å². The van der Waals surface area contributed by atoms with E-state index in [0.29, 0.717) is 5.75 Å². The Hall–Kier alpha value is -0.760. The van der Waals surface area contributed by atoms with E-state index in [1.54, 1.807) is 0 Å². The van der Waals surface area contributed by atoms with E-state index in [1.165, 1.54) is 0 Å². The predicted octanol–water partition coefficient (Wildman–Crippen LogP) is 2.95. The topological polar surface area (TPSA) is 17.1 Å². The van der Waals surface area contributed by atoms with Gasteiger partial charge in [0.25, 0.3) is 0 Å².